The van der Waals surface area contributed by atoms with Crippen molar-refractivity contribution in [2.24, 2.45) is 5.73 Å². The van der Waals surface area contributed by atoms with Crippen LogP contribution in [0.15, 0.2) is 28.2 Å². The van der Waals surface area contributed by atoms with Gasteiger partial charge in [0.05, 0.1) is 11.8 Å². The van der Waals surface area contributed by atoms with Crippen molar-refractivity contribution in [1.82, 2.24) is 0 Å². The summed E-state index contributed by atoms with van der Waals surface area (Å²) in [6, 6.07) is 6.10. The molecule has 0 unspecified atom stereocenters. The molecule has 0 aliphatic heterocycles. The van der Waals surface area contributed by atoms with E-state index in [2.05, 4.69) is 15.9 Å². The molecule has 0 saturated heterocycles. The minimum Gasteiger partial charge on any atom is -0.397 e. The largest absolute Gasteiger partial charge is 0.397 e. The van der Waals surface area contributed by atoms with Crippen LogP contribution in [-0.4, -0.2) is 0 Å². The van der Waals surface area contributed by atoms with Crippen LogP contribution in [0, 0.1) is 17.1 Å². The summed E-state index contributed by atoms with van der Waals surface area (Å²) in [6.45, 7) is 1.62. The molecule has 0 atom stereocenters. The van der Waals surface area contributed by atoms with E-state index < -0.39 is 0 Å². The fraction of sp³-hybridized carbons (Fsp3) is 0.100. The van der Waals surface area contributed by atoms with E-state index in [-0.39, 0.29) is 5.82 Å². The van der Waals surface area contributed by atoms with Crippen LogP contribution in [-0.2, 0) is 0 Å². The van der Waals surface area contributed by atoms with Gasteiger partial charge in [-0.1, -0.05) is 0 Å². The van der Waals surface area contributed by atoms with Crippen molar-refractivity contribution in [3.05, 3.63) is 39.6 Å². The molecule has 0 saturated carbocycles. The molecular weight excluding hydrogens is 247 g/mol. The number of hydrogen-bond donors (Lipinski definition) is 1. The van der Waals surface area contributed by atoms with Crippen LogP contribution in [0.5, 0.6) is 0 Å². The zero-order chi connectivity index (χ0) is 10.7. The summed E-state index contributed by atoms with van der Waals surface area (Å²) >= 11 is 3.18. The lowest BCUT2D eigenvalue weighted by atomic mass is 10.1. The Morgan fingerprint density at radius 3 is 2.71 bits per heavy atom. The van der Waals surface area contributed by atoms with Crippen LogP contribution in [0.4, 0.5) is 4.39 Å². The van der Waals surface area contributed by atoms with Gasteiger partial charge in [-0.2, -0.15) is 5.26 Å². The summed E-state index contributed by atoms with van der Waals surface area (Å²) in [5.74, 6) is -0.344. The highest BCUT2D eigenvalue weighted by Crippen LogP contribution is 2.23. The van der Waals surface area contributed by atoms with Crippen molar-refractivity contribution in [1.29, 1.82) is 5.26 Å². The van der Waals surface area contributed by atoms with Crippen LogP contribution in [0.3, 0.4) is 0 Å². The van der Waals surface area contributed by atoms with E-state index in [1.54, 1.807) is 6.92 Å². The molecule has 0 aliphatic carbocycles. The van der Waals surface area contributed by atoms with Gasteiger partial charge in [0.25, 0.3) is 0 Å². The van der Waals surface area contributed by atoms with Crippen molar-refractivity contribution < 1.29 is 4.39 Å². The Balaban J connectivity index is 3.29. The maximum absolute atomic E-state index is 12.7. The maximum Gasteiger partial charge on any atom is 0.124 e. The van der Waals surface area contributed by atoms with Crippen molar-refractivity contribution in [3.63, 3.8) is 0 Å². The summed E-state index contributed by atoms with van der Waals surface area (Å²) in [5.41, 5.74) is 7.11. The first-order valence-corrected chi connectivity index (χ1v) is 4.67. The average molecular weight is 255 g/mol. The molecule has 1 rings (SSSR count). The Morgan fingerprint density at radius 2 is 2.21 bits per heavy atom. The van der Waals surface area contributed by atoms with Gasteiger partial charge in [0.15, 0.2) is 0 Å². The molecule has 0 radical (unpaired) electrons. The lowest BCUT2D eigenvalue weighted by Crippen LogP contribution is -2.00. The summed E-state index contributed by atoms with van der Waals surface area (Å²) in [5, 5.41) is 8.63. The standard InChI is InChI=1S/C10H8BrFN2/c1-6(5-13)10(14)8-3-2-7(12)4-9(8)11/h2-4H,14H2,1H3/b10-6-. The second kappa shape index (κ2) is 4.25. The van der Waals surface area contributed by atoms with Crippen molar-refractivity contribution in [2.45, 2.75) is 6.92 Å². The topological polar surface area (TPSA) is 49.8 Å². The summed E-state index contributed by atoms with van der Waals surface area (Å²) in [7, 11) is 0. The molecule has 0 aliphatic rings. The third kappa shape index (κ3) is 2.12. The van der Waals surface area contributed by atoms with E-state index in [1.807, 2.05) is 6.07 Å². The first-order valence-electron chi connectivity index (χ1n) is 3.88. The van der Waals surface area contributed by atoms with E-state index in [4.69, 9.17) is 11.0 Å². The van der Waals surface area contributed by atoms with E-state index in [0.29, 0.717) is 21.3 Å². The zero-order valence-electron chi connectivity index (χ0n) is 7.51. The number of allylic oxidation sites excluding steroid dienone is 1. The quantitative estimate of drug-likeness (QED) is 0.784. The fourth-order valence-electron chi connectivity index (χ4n) is 0.970. The summed E-state index contributed by atoms with van der Waals surface area (Å²) in [6.07, 6.45) is 0. The van der Waals surface area contributed by atoms with Gasteiger partial charge in [-0.3, -0.25) is 0 Å². The molecule has 72 valence electrons. The van der Waals surface area contributed by atoms with Gasteiger partial charge in [-0.05, 0) is 41.1 Å². The van der Waals surface area contributed by atoms with Gasteiger partial charge in [0.1, 0.15) is 5.82 Å². The molecular formula is C10H8BrFN2. The van der Waals surface area contributed by atoms with Crippen LogP contribution in [0.2, 0.25) is 0 Å². The number of rotatable bonds is 1. The maximum atomic E-state index is 12.7. The van der Waals surface area contributed by atoms with E-state index in [0.717, 1.165) is 0 Å². The highest BCUT2D eigenvalue weighted by molar-refractivity contribution is 9.10. The van der Waals surface area contributed by atoms with Crippen molar-refractivity contribution >= 4 is 21.6 Å². The Morgan fingerprint density at radius 1 is 1.57 bits per heavy atom. The smallest absolute Gasteiger partial charge is 0.124 e. The number of benzene rings is 1. The molecule has 0 heterocycles. The molecule has 0 spiro atoms. The predicted molar refractivity (Wildman–Crippen MR) is 56.5 cm³/mol. The Bertz CT molecular complexity index is 432. The molecule has 0 bridgehead atoms. The number of nitrogens with two attached hydrogens (primary N) is 1. The van der Waals surface area contributed by atoms with E-state index in [1.165, 1.54) is 18.2 Å². The minimum atomic E-state index is -0.344. The van der Waals surface area contributed by atoms with Crippen LogP contribution < -0.4 is 5.73 Å². The SMILES string of the molecule is C/C(C#N)=C(/N)c1ccc(F)cc1Br. The van der Waals surface area contributed by atoms with Crippen molar-refractivity contribution in [3.8, 4) is 6.07 Å². The Kier molecular flexibility index (Phi) is 3.26. The normalized spacial score (nSPS) is 11.9. The van der Waals surface area contributed by atoms with Crippen LogP contribution >= 0.6 is 15.9 Å². The van der Waals surface area contributed by atoms with Gasteiger partial charge >= 0.3 is 0 Å². The van der Waals surface area contributed by atoms with Gasteiger partial charge in [-0.15, -0.1) is 0 Å². The lowest BCUT2D eigenvalue weighted by molar-refractivity contribution is 0.627. The van der Waals surface area contributed by atoms with Gasteiger partial charge in [0, 0.05) is 15.6 Å². The average Bonchev–Trinajstić information content (AvgIpc) is 2.15. The summed E-state index contributed by atoms with van der Waals surface area (Å²) in [4.78, 5) is 0. The first-order chi connectivity index (χ1) is 6.56. The monoisotopic (exact) mass is 254 g/mol. The number of nitriles is 1. The Labute approximate surface area is 90.0 Å². The highest BCUT2D eigenvalue weighted by Gasteiger charge is 2.06. The molecule has 0 amide bonds. The fourth-order valence-corrected chi connectivity index (χ4v) is 1.53. The third-order valence-electron chi connectivity index (χ3n) is 1.79. The zero-order valence-corrected chi connectivity index (χ0v) is 9.10. The number of hydrogen-bond acceptors (Lipinski definition) is 2. The Hall–Kier alpha value is -1.34. The van der Waals surface area contributed by atoms with E-state index >= 15 is 0 Å². The molecule has 1 aromatic rings. The summed E-state index contributed by atoms with van der Waals surface area (Å²) < 4.78 is 13.3. The predicted octanol–water partition coefficient (Wildman–Crippen LogP) is 2.80. The van der Waals surface area contributed by atoms with Crippen molar-refractivity contribution in [2.75, 3.05) is 0 Å². The third-order valence-corrected chi connectivity index (χ3v) is 2.45. The van der Waals surface area contributed by atoms with Gasteiger partial charge in [0.2, 0.25) is 0 Å². The molecule has 0 fully saturated rings. The van der Waals surface area contributed by atoms with Crippen LogP contribution in [0.25, 0.3) is 5.70 Å². The second-order valence-electron chi connectivity index (χ2n) is 2.77. The van der Waals surface area contributed by atoms with E-state index in [9.17, 15) is 4.39 Å². The number of halogens is 2. The first kappa shape index (κ1) is 10.7. The highest BCUT2D eigenvalue weighted by atomic mass is 79.9. The molecule has 2 N–H and O–H groups in total. The van der Waals surface area contributed by atoms with Gasteiger partial charge < -0.3 is 5.73 Å². The molecule has 14 heavy (non-hydrogen) atoms. The van der Waals surface area contributed by atoms with Gasteiger partial charge in [-0.25, -0.2) is 4.39 Å². The molecule has 4 heteroatoms. The second-order valence-corrected chi connectivity index (χ2v) is 3.63. The molecule has 2 nitrogen and oxygen atoms in total. The van der Waals surface area contributed by atoms with Crippen LogP contribution in [0.1, 0.15) is 12.5 Å². The molecule has 1 aromatic carbocycles. The molecule has 0 aromatic heterocycles. The lowest BCUT2D eigenvalue weighted by Gasteiger charge is -2.05. The number of nitrogens with zero attached hydrogens (tertiary/aromatic N) is 1. The minimum absolute atomic E-state index is 0.344.